The normalized spacial score (nSPS) is 10.5. The van der Waals surface area contributed by atoms with Crippen LogP contribution >= 0.6 is 0 Å². The van der Waals surface area contributed by atoms with Crippen LogP contribution in [0.5, 0.6) is 0 Å². The van der Waals surface area contributed by atoms with Gasteiger partial charge >= 0.3 is 0 Å². The highest BCUT2D eigenvalue weighted by Crippen LogP contribution is 2.25. The van der Waals surface area contributed by atoms with Crippen LogP contribution in [0.1, 0.15) is 44.1 Å². The van der Waals surface area contributed by atoms with E-state index in [-0.39, 0.29) is 5.91 Å². The van der Waals surface area contributed by atoms with Crippen LogP contribution in [0.3, 0.4) is 0 Å². The van der Waals surface area contributed by atoms with Gasteiger partial charge in [-0.1, -0.05) is 32.0 Å². The Morgan fingerprint density at radius 3 is 2.21 bits per heavy atom. The van der Waals surface area contributed by atoms with Crippen molar-refractivity contribution in [2.45, 2.75) is 33.6 Å². The number of amides is 1. The number of carbonyl (C=O) groups excluding carboxylic acids is 1. The largest absolute Gasteiger partial charge is 0.342 e. The first-order valence-corrected chi connectivity index (χ1v) is 8.79. The average molecular weight is 325 g/mol. The molecule has 2 rings (SSSR count). The van der Waals surface area contributed by atoms with Crippen molar-refractivity contribution in [2.75, 3.05) is 24.5 Å². The highest BCUT2D eigenvalue weighted by atomic mass is 16.2. The predicted molar refractivity (Wildman–Crippen MR) is 99.8 cm³/mol. The summed E-state index contributed by atoms with van der Waals surface area (Å²) in [6.45, 7) is 8.66. The summed E-state index contributed by atoms with van der Waals surface area (Å²) in [5, 5.41) is 0. The molecule has 1 aromatic heterocycles. The van der Waals surface area contributed by atoms with Crippen molar-refractivity contribution < 1.29 is 4.79 Å². The van der Waals surface area contributed by atoms with Gasteiger partial charge in [0, 0.05) is 37.2 Å². The summed E-state index contributed by atoms with van der Waals surface area (Å²) in [4.78, 5) is 21.2. The van der Waals surface area contributed by atoms with E-state index < -0.39 is 0 Å². The molecule has 0 bridgehead atoms. The van der Waals surface area contributed by atoms with E-state index in [4.69, 9.17) is 0 Å². The highest BCUT2D eigenvalue weighted by molar-refractivity contribution is 5.93. The minimum absolute atomic E-state index is 0.0182. The fraction of sp³-hybridized carbons (Fsp3) is 0.400. The summed E-state index contributed by atoms with van der Waals surface area (Å²) in [6.07, 6.45) is 3.64. The molecule has 4 nitrogen and oxygen atoms in total. The van der Waals surface area contributed by atoms with Gasteiger partial charge in [0.25, 0.3) is 5.91 Å². The molecule has 0 aliphatic heterocycles. The Morgan fingerprint density at radius 2 is 1.62 bits per heavy atom. The summed E-state index contributed by atoms with van der Waals surface area (Å²) in [7, 11) is 0. The zero-order chi connectivity index (χ0) is 17.4. The number of para-hydroxylation sites is 1. The first-order valence-electron chi connectivity index (χ1n) is 8.79. The van der Waals surface area contributed by atoms with Crippen molar-refractivity contribution in [2.24, 2.45) is 0 Å². The molecule has 0 aliphatic carbocycles. The average Bonchev–Trinajstić information content (AvgIpc) is 2.63. The van der Waals surface area contributed by atoms with Crippen LogP contribution in [-0.4, -0.2) is 35.4 Å². The lowest BCUT2D eigenvalue weighted by molar-refractivity contribution is 0.0749. The number of benzene rings is 1. The third-order valence-corrected chi connectivity index (χ3v) is 3.93. The second-order valence-electron chi connectivity index (χ2n) is 5.77. The lowest BCUT2D eigenvalue weighted by Crippen LogP contribution is -2.33. The van der Waals surface area contributed by atoms with E-state index in [1.54, 1.807) is 6.20 Å². The van der Waals surface area contributed by atoms with Gasteiger partial charge in [0.1, 0.15) is 5.69 Å². The second kappa shape index (κ2) is 9.06. The molecule has 0 atom stereocenters. The van der Waals surface area contributed by atoms with Crippen LogP contribution in [0.15, 0.2) is 48.7 Å². The monoisotopic (exact) mass is 325 g/mol. The molecular weight excluding hydrogens is 298 g/mol. The van der Waals surface area contributed by atoms with Gasteiger partial charge in [0.15, 0.2) is 0 Å². The van der Waals surface area contributed by atoms with Gasteiger partial charge in [-0.05, 0) is 44.0 Å². The van der Waals surface area contributed by atoms with E-state index in [0.29, 0.717) is 5.69 Å². The number of hydrogen-bond donors (Lipinski definition) is 0. The van der Waals surface area contributed by atoms with Gasteiger partial charge in [0.05, 0.1) is 0 Å². The van der Waals surface area contributed by atoms with Gasteiger partial charge < -0.3 is 9.80 Å². The maximum atomic E-state index is 12.8. The van der Waals surface area contributed by atoms with Crippen LogP contribution in [0.2, 0.25) is 0 Å². The molecule has 0 fully saturated rings. The molecule has 1 heterocycles. The number of rotatable bonds is 8. The van der Waals surface area contributed by atoms with Crippen molar-refractivity contribution in [3.8, 4) is 0 Å². The molecule has 1 aromatic carbocycles. The quantitative estimate of drug-likeness (QED) is 0.717. The number of hydrogen-bond acceptors (Lipinski definition) is 3. The van der Waals surface area contributed by atoms with Crippen molar-refractivity contribution in [1.29, 1.82) is 0 Å². The molecule has 0 spiro atoms. The number of carbonyl (C=O) groups is 1. The number of nitrogens with zero attached hydrogens (tertiary/aromatic N) is 3. The third kappa shape index (κ3) is 4.34. The topological polar surface area (TPSA) is 36.4 Å². The molecule has 0 radical (unpaired) electrons. The molecule has 128 valence electrons. The van der Waals surface area contributed by atoms with Gasteiger partial charge in [-0.25, -0.2) is 0 Å². The molecule has 4 heteroatoms. The van der Waals surface area contributed by atoms with E-state index in [9.17, 15) is 4.79 Å². The zero-order valence-corrected chi connectivity index (χ0v) is 14.9. The van der Waals surface area contributed by atoms with Crippen molar-refractivity contribution in [3.63, 3.8) is 0 Å². The lowest BCUT2D eigenvalue weighted by atomic mass is 10.2. The Hall–Kier alpha value is -2.36. The molecule has 0 N–H and O–H groups in total. The number of aromatic nitrogens is 1. The highest BCUT2D eigenvalue weighted by Gasteiger charge is 2.17. The predicted octanol–water partition coefficient (Wildman–Crippen LogP) is 4.50. The maximum absolute atomic E-state index is 12.8. The third-order valence-electron chi connectivity index (χ3n) is 3.93. The van der Waals surface area contributed by atoms with Crippen LogP contribution in [0, 0.1) is 0 Å². The molecule has 2 aromatic rings. The van der Waals surface area contributed by atoms with Crippen LogP contribution in [0.4, 0.5) is 11.4 Å². The molecule has 0 aliphatic rings. The SMILES string of the molecule is CCCN(CCC)C(=O)c1cc(N(CC)c2ccccc2)ccn1. The molecular formula is C20H27N3O. The van der Waals surface area contributed by atoms with Gasteiger partial charge in [0.2, 0.25) is 0 Å². The summed E-state index contributed by atoms with van der Waals surface area (Å²) in [5.74, 6) is 0.0182. The number of anilines is 2. The van der Waals surface area contributed by atoms with Crippen LogP contribution in [-0.2, 0) is 0 Å². The van der Waals surface area contributed by atoms with Crippen LogP contribution in [0.25, 0.3) is 0 Å². The van der Waals surface area contributed by atoms with E-state index in [2.05, 4.69) is 42.8 Å². The Morgan fingerprint density at radius 1 is 0.958 bits per heavy atom. The minimum Gasteiger partial charge on any atom is -0.342 e. The molecule has 0 saturated heterocycles. The molecule has 0 saturated carbocycles. The first kappa shape index (κ1) is 18.0. The molecule has 24 heavy (non-hydrogen) atoms. The summed E-state index contributed by atoms with van der Waals surface area (Å²) in [5.41, 5.74) is 2.63. The Labute approximate surface area is 145 Å². The van der Waals surface area contributed by atoms with Crippen molar-refractivity contribution in [1.82, 2.24) is 9.88 Å². The Bertz CT molecular complexity index is 636. The first-order chi connectivity index (χ1) is 11.7. The van der Waals surface area contributed by atoms with E-state index in [1.807, 2.05) is 35.2 Å². The molecule has 1 amide bonds. The van der Waals surface area contributed by atoms with E-state index in [1.165, 1.54) is 0 Å². The lowest BCUT2D eigenvalue weighted by Gasteiger charge is -2.25. The Kier molecular flexibility index (Phi) is 6.79. The van der Waals surface area contributed by atoms with Crippen molar-refractivity contribution >= 4 is 17.3 Å². The summed E-state index contributed by atoms with van der Waals surface area (Å²) < 4.78 is 0. The van der Waals surface area contributed by atoms with Crippen LogP contribution < -0.4 is 4.90 Å². The van der Waals surface area contributed by atoms with Gasteiger partial charge in [-0.15, -0.1) is 0 Å². The number of pyridine rings is 1. The standard InChI is InChI=1S/C20H27N3O/c1-4-14-22(15-5-2)20(24)19-16-18(12-13-21-19)23(6-3)17-10-8-7-9-11-17/h7-13,16H,4-6,14-15H2,1-3H3. The van der Waals surface area contributed by atoms with Gasteiger partial charge in [-0.3, -0.25) is 9.78 Å². The minimum atomic E-state index is 0.0182. The van der Waals surface area contributed by atoms with Gasteiger partial charge in [-0.2, -0.15) is 0 Å². The molecule has 0 unspecified atom stereocenters. The van der Waals surface area contributed by atoms with E-state index in [0.717, 1.165) is 43.9 Å². The summed E-state index contributed by atoms with van der Waals surface area (Å²) >= 11 is 0. The Balaban J connectivity index is 2.28. The van der Waals surface area contributed by atoms with Crippen molar-refractivity contribution in [3.05, 3.63) is 54.4 Å². The summed E-state index contributed by atoms with van der Waals surface area (Å²) in [6, 6.07) is 14.1. The smallest absolute Gasteiger partial charge is 0.272 e. The second-order valence-corrected chi connectivity index (χ2v) is 5.77. The fourth-order valence-corrected chi connectivity index (χ4v) is 2.84. The fourth-order valence-electron chi connectivity index (χ4n) is 2.84. The van der Waals surface area contributed by atoms with E-state index >= 15 is 0 Å². The maximum Gasteiger partial charge on any atom is 0.272 e. The zero-order valence-electron chi connectivity index (χ0n) is 14.9.